The van der Waals surface area contributed by atoms with Crippen LogP contribution in [-0.4, -0.2) is 27.5 Å². The maximum absolute atomic E-state index is 12.4. The Morgan fingerprint density at radius 2 is 2.00 bits per heavy atom. The standard InChI is InChI=1S/C11H11F3O3S/c1-10(17,9(15)16)6-18-8-4-2-3-7(5-8)11(12,13)14/h2-5,17H,6H2,1H3,(H,15,16). The van der Waals surface area contributed by atoms with E-state index in [1.54, 1.807) is 0 Å². The highest BCUT2D eigenvalue weighted by molar-refractivity contribution is 7.99. The summed E-state index contributed by atoms with van der Waals surface area (Å²) >= 11 is 0.855. The predicted octanol–water partition coefficient (Wildman–Crippen LogP) is 2.63. The van der Waals surface area contributed by atoms with Gasteiger partial charge in [-0.15, -0.1) is 11.8 Å². The van der Waals surface area contributed by atoms with Crippen molar-refractivity contribution >= 4 is 17.7 Å². The molecule has 1 atom stereocenters. The van der Waals surface area contributed by atoms with E-state index in [2.05, 4.69) is 0 Å². The molecule has 0 amide bonds. The van der Waals surface area contributed by atoms with Gasteiger partial charge in [-0.05, 0) is 25.1 Å². The van der Waals surface area contributed by atoms with Gasteiger partial charge in [0.1, 0.15) is 0 Å². The summed E-state index contributed by atoms with van der Waals surface area (Å²) in [4.78, 5) is 10.9. The Morgan fingerprint density at radius 3 is 2.50 bits per heavy atom. The van der Waals surface area contributed by atoms with Gasteiger partial charge in [-0.3, -0.25) is 0 Å². The summed E-state index contributed by atoms with van der Waals surface area (Å²) in [5.74, 6) is -1.65. The van der Waals surface area contributed by atoms with E-state index in [0.29, 0.717) is 0 Å². The third-order valence-electron chi connectivity index (χ3n) is 2.14. The summed E-state index contributed by atoms with van der Waals surface area (Å²) in [5.41, 5.74) is -2.78. The molecule has 0 bridgehead atoms. The van der Waals surface area contributed by atoms with Gasteiger partial charge >= 0.3 is 12.1 Å². The van der Waals surface area contributed by atoms with Gasteiger partial charge in [0.25, 0.3) is 0 Å². The summed E-state index contributed by atoms with van der Waals surface area (Å²) in [6, 6.07) is 4.51. The van der Waals surface area contributed by atoms with Gasteiger partial charge in [-0.2, -0.15) is 13.2 Å². The van der Waals surface area contributed by atoms with Crippen LogP contribution < -0.4 is 0 Å². The number of carboxylic acid groups (broad SMARTS) is 1. The number of carbonyl (C=O) groups is 1. The van der Waals surface area contributed by atoms with Crippen molar-refractivity contribution in [2.75, 3.05) is 5.75 Å². The lowest BCUT2D eigenvalue weighted by Gasteiger charge is -2.17. The van der Waals surface area contributed by atoms with Crippen LogP contribution in [0.3, 0.4) is 0 Å². The number of hydrogen-bond acceptors (Lipinski definition) is 3. The molecule has 0 saturated carbocycles. The van der Waals surface area contributed by atoms with Gasteiger partial charge in [-0.25, -0.2) is 4.79 Å². The second-order valence-corrected chi connectivity index (χ2v) is 4.94. The molecule has 0 aliphatic carbocycles. The number of halogens is 3. The molecule has 3 nitrogen and oxygen atoms in total. The van der Waals surface area contributed by atoms with Crippen LogP contribution in [0.1, 0.15) is 12.5 Å². The first-order chi connectivity index (χ1) is 8.13. The summed E-state index contributed by atoms with van der Waals surface area (Å²) < 4.78 is 37.3. The molecule has 0 aromatic heterocycles. The van der Waals surface area contributed by atoms with Crippen LogP contribution >= 0.6 is 11.8 Å². The Hall–Kier alpha value is -1.21. The quantitative estimate of drug-likeness (QED) is 0.832. The van der Waals surface area contributed by atoms with Gasteiger partial charge in [-0.1, -0.05) is 6.07 Å². The average Bonchev–Trinajstić information content (AvgIpc) is 2.25. The van der Waals surface area contributed by atoms with Gasteiger partial charge in [0.15, 0.2) is 5.60 Å². The fourth-order valence-electron chi connectivity index (χ4n) is 1.05. The number of benzene rings is 1. The third-order valence-corrected chi connectivity index (χ3v) is 3.44. The van der Waals surface area contributed by atoms with Crippen molar-refractivity contribution in [3.63, 3.8) is 0 Å². The first kappa shape index (κ1) is 14.8. The van der Waals surface area contributed by atoms with E-state index in [-0.39, 0.29) is 10.6 Å². The number of rotatable bonds is 4. The molecule has 0 radical (unpaired) electrons. The first-order valence-electron chi connectivity index (χ1n) is 4.89. The van der Waals surface area contributed by atoms with Crippen LogP contribution in [0.5, 0.6) is 0 Å². The summed E-state index contributed by atoms with van der Waals surface area (Å²) in [6.45, 7) is 1.09. The van der Waals surface area contributed by atoms with Crippen LogP contribution in [0.4, 0.5) is 13.2 Å². The fourth-order valence-corrected chi connectivity index (χ4v) is 2.00. The Balaban J connectivity index is 2.78. The van der Waals surface area contributed by atoms with E-state index >= 15 is 0 Å². The van der Waals surface area contributed by atoms with E-state index in [1.807, 2.05) is 0 Å². The topological polar surface area (TPSA) is 57.5 Å². The number of aliphatic carboxylic acids is 1. The van der Waals surface area contributed by atoms with Crippen LogP contribution in [0.15, 0.2) is 29.2 Å². The van der Waals surface area contributed by atoms with Crippen LogP contribution in [0, 0.1) is 0 Å². The molecule has 1 aromatic carbocycles. The molecular formula is C11H11F3O3S. The van der Waals surface area contributed by atoms with Gasteiger partial charge < -0.3 is 10.2 Å². The highest BCUT2D eigenvalue weighted by Crippen LogP contribution is 2.32. The van der Waals surface area contributed by atoms with Crippen molar-refractivity contribution in [3.8, 4) is 0 Å². The van der Waals surface area contributed by atoms with E-state index in [9.17, 15) is 23.1 Å². The van der Waals surface area contributed by atoms with Crippen molar-refractivity contribution in [2.45, 2.75) is 23.6 Å². The molecule has 0 spiro atoms. The molecule has 0 heterocycles. The Morgan fingerprint density at radius 1 is 1.39 bits per heavy atom. The molecule has 7 heteroatoms. The molecule has 18 heavy (non-hydrogen) atoms. The zero-order chi connectivity index (χ0) is 14.0. The Labute approximate surface area is 106 Å². The average molecular weight is 280 g/mol. The maximum atomic E-state index is 12.4. The van der Waals surface area contributed by atoms with Crippen molar-refractivity contribution in [3.05, 3.63) is 29.8 Å². The van der Waals surface area contributed by atoms with Gasteiger partial charge in [0, 0.05) is 10.6 Å². The lowest BCUT2D eigenvalue weighted by Crippen LogP contribution is -2.37. The molecule has 1 rings (SSSR count). The zero-order valence-corrected chi connectivity index (χ0v) is 10.2. The zero-order valence-electron chi connectivity index (χ0n) is 9.36. The van der Waals surface area contributed by atoms with E-state index < -0.39 is 23.3 Å². The van der Waals surface area contributed by atoms with Crippen LogP contribution in [-0.2, 0) is 11.0 Å². The largest absolute Gasteiger partial charge is 0.479 e. The molecule has 1 aromatic rings. The summed E-state index contributed by atoms with van der Waals surface area (Å²) in [6.07, 6.45) is -4.44. The smallest absolute Gasteiger partial charge is 0.416 e. The molecule has 0 fully saturated rings. The molecule has 0 saturated heterocycles. The number of aliphatic hydroxyl groups is 1. The number of thioether (sulfide) groups is 1. The summed E-state index contributed by atoms with van der Waals surface area (Å²) in [7, 11) is 0. The molecule has 0 aliphatic rings. The monoisotopic (exact) mass is 280 g/mol. The molecular weight excluding hydrogens is 269 g/mol. The van der Waals surface area contributed by atoms with Gasteiger partial charge in [0.05, 0.1) is 5.56 Å². The SMILES string of the molecule is CC(O)(CSc1cccc(C(F)(F)F)c1)C(=O)O. The van der Waals surface area contributed by atoms with Crippen molar-refractivity contribution in [1.82, 2.24) is 0 Å². The van der Waals surface area contributed by atoms with Crippen molar-refractivity contribution < 1.29 is 28.2 Å². The van der Waals surface area contributed by atoms with Crippen molar-refractivity contribution in [2.24, 2.45) is 0 Å². The van der Waals surface area contributed by atoms with Crippen LogP contribution in [0.25, 0.3) is 0 Å². The predicted molar refractivity (Wildman–Crippen MR) is 60.4 cm³/mol. The number of hydrogen-bond donors (Lipinski definition) is 2. The fraction of sp³-hybridized carbons (Fsp3) is 0.364. The van der Waals surface area contributed by atoms with Crippen molar-refractivity contribution in [1.29, 1.82) is 0 Å². The normalized spacial score (nSPS) is 15.2. The maximum Gasteiger partial charge on any atom is 0.416 e. The molecule has 100 valence electrons. The van der Waals surface area contributed by atoms with E-state index in [4.69, 9.17) is 5.11 Å². The minimum atomic E-state index is -4.44. The second kappa shape index (κ2) is 5.19. The highest BCUT2D eigenvalue weighted by Gasteiger charge is 2.32. The molecule has 1 unspecified atom stereocenters. The molecule has 2 N–H and O–H groups in total. The lowest BCUT2D eigenvalue weighted by atomic mass is 10.1. The number of alkyl halides is 3. The Bertz CT molecular complexity index is 443. The third kappa shape index (κ3) is 3.92. The van der Waals surface area contributed by atoms with Gasteiger partial charge in [0.2, 0.25) is 0 Å². The lowest BCUT2D eigenvalue weighted by molar-refractivity contribution is -0.154. The minimum absolute atomic E-state index is 0.232. The first-order valence-corrected chi connectivity index (χ1v) is 5.87. The highest BCUT2D eigenvalue weighted by atomic mass is 32.2. The Kier molecular flexibility index (Phi) is 4.28. The summed E-state index contributed by atoms with van der Waals surface area (Å²) in [5, 5.41) is 18.1. The molecule has 0 aliphatic heterocycles. The van der Waals surface area contributed by atoms with E-state index in [0.717, 1.165) is 30.8 Å². The number of carboxylic acids is 1. The second-order valence-electron chi connectivity index (χ2n) is 3.89. The van der Waals surface area contributed by atoms with E-state index in [1.165, 1.54) is 12.1 Å². The minimum Gasteiger partial charge on any atom is -0.479 e. The van der Waals surface area contributed by atoms with Crippen LogP contribution in [0.2, 0.25) is 0 Å².